The molecule has 0 radical (unpaired) electrons. The molecule has 0 aromatic carbocycles. The summed E-state index contributed by atoms with van der Waals surface area (Å²) in [5.41, 5.74) is 0. The number of thioether (sulfide) groups is 1. The Balaban J connectivity index is 3.58. The Labute approximate surface area is 87.3 Å². The summed E-state index contributed by atoms with van der Waals surface area (Å²) in [6.45, 7) is 8.51. The monoisotopic (exact) mass is 204 g/mol. The summed E-state index contributed by atoms with van der Waals surface area (Å²) in [5, 5.41) is 9.53. The van der Waals surface area contributed by atoms with E-state index in [2.05, 4.69) is 20.8 Å². The molecule has 0 aromatic rings. The molecule has 1 nitrogen and oxygen atoms in total. The largest absolute Gasteiger partial charge is 0.393 e. The fourth-order valence-electron chi connectivity index (χ4n) is 1.70. The van der Waals surface area contributed by atoms with Crippen LogP contribution in [0.3, 0.4) is 0 Å². The van der Waals surface area contributed by atoms with Crippen LogP contribution in [0.1, 0.15) is 40.5 Å². The zero-order chi connectivity index (χ0) is 10.3. The Kier molecular flexibility index (Phi) is 7.87. The van der Waals surface area contributed by atoms with Gasteiger partial charge >= 0.3 is 0 Å². The second-order valence-corrected chi connectivity index (χ2v) is 5.38. The Morgan fingerprint density at radius 1 is 1.23 bits per heavy atom. The minimum absolute atomic E-state index is 0.147. The molecule has 0 aromatic heterocycles. The molecule has 0 aliphatic heterocycles. The molecule has 2 heteroatoms. The minimum Gasteiger partial charge on any atom is -0.393 e. The summed E-state index contributed by atoms with van der Waals surface area (Å²) in [6, 6.07) is 0. The quantitative estimate of drug-likeness (QED) is 0.643. The van der Waals surface area contributed by atoms with Crippen molar-refractivity contribution in [3.63, 3.8) is 0 Å². The smallest absolute Gasteiger partial charge is 0.0542 e. The van der Waals surface area contributed by atoms with Gasteiger partial charge in [0, 0.05) is 0 Å². The lowest BCUT2D eigenvalue weighted by Gasteiger charge is -2.23. The Morgan fingerprint density at radius 3 is 2.23 bits per heavy atom. The molecule has 0 amide bonds. The third kappa shape index (κ3) is 6.39. The van der Waals surface area contributed by atoms with Gasteiger partial charge in [0.2, 0.25) is 0 Å². The van der Waals surface area contributed by atoms with E-state index >= 15 is 0 Å². The fourth-order valence-corrected chi connectivity index (χ4v) is 2.36. The van der Waals surface area contributed by atoms with Gasteiger partial charge in [0.25, 0.3) is 0 Å². The SMILES string of the molecule is CCSCCCC(C(C)C)C(C)O. The molecule has 0 spiro atoms. The summed E-state index contributed by atoms with van der Waals surface area (Å²) < 4.78 is 0. The van der Waals surface area contributed by atoms with Crippen molar-refractivity contribution in [2.24, 2.45) is 11.8 Å². The van der Waals surface area contributed by atoms with Crippen LogP contribution in [0.25, 0.3) is 0 Å². The molecule has 0 saturated carbocycles. The lowest BCUT2D eigenvalue weighted by molar-refractivity contribution is 0.0916. The third-order valence-electron chi connectivity index (χ3n) is 2.51. The Bertz CT molecular complexity index is 105. The van der Waals surface area contributed by atoms with E-state index in [1.807, 2.05) is 18.7 Å². The molecule has 0 rings (SSSR count). The van der Waals surface area contributed by atoms with Crippen molar-refractivity contribution in [1.82, 2.24) is 0 Å². The van der Waals surface area contributed by atoms with Crippen LogP contribution in [0.2, 0.25) is 0 Å². The van der Waals surface area contributed by atoms with E-state index < -0.39 is 0 Å². The van der Waals surface area contributed by atoms with E-state index in [1.165, 1.54) is 24.3 Å². The number of aliphatic hydroxyl groups is 1. The highest BCUT2D eigenvalue weighted by molar-refractivity contribution is 7.99. The maximum atomic E-state index is 9.53. The third-order valence-corrected chi connectivity index (χ3v) is 3.49. The van der Waals surface area contributed by atoms with Crippen molar-refractivity contribution in [2.45, 2.75) is 46.6 Å². The summed E-state index contributed by atoms with van der Waals surface area (Å²) in [7, 11) is 0. The van der Waals surface area contributed by atoms with Gasteiger partial charge in [-0.25, -0.2) is 0 Å². The molecule has 0 heterocycles. The maximum Gasteiger partial charge on any atom is 0.0542 e. The van der Waals surface area contributed by atoms with E-state index in [0.29, 0.717) is 11.8 Å². The average molecular weight is 204 g/mol. The molecule has 13 heavy (non-hydrogen) atoms. The summed E-state index contributed by atoms with van der Waals surface area (Å²) in [4.78, 5) is 0. The van der Waals surface area contributed by atoms with Crippen molar-refractivity contribution in [1.29, 1.82) is 0 Å². The van der Waals surface area contributed by atoms with Crippen LogP contribution in [-0.2, 0) is 0 Å². The first-order valence-corrected chi connectivity index (χ1v) is 6.50. The van der Waals surface area contributed by atoms with Crippen LogP contribution < -0.4 is 0 Å². The molecular weight excluding hydrogens is 180 g/mol. The standard InChI is InChI=1S/C11H24OS/c1-5-13-8-6-7-11(9(2)3)10(4)12/h9-12H,5-8H2,1-4H3. The molecule has 0 bridgehead atoms. The first-order chi connectivity index (χ1) is 6.09. The van der Waals surface area contributed by atoms with Gasteiger partial charge in [-0.05, 0) is 43.1 Å². The average Bonchev–Trinajstić information content (AvgIpc) is 2.02. The molecular formula is C11H24OS. The first kappa shape index (κ1) is 13.3. The van der Waals surface area contributed by atoms with Gasteiger partial charge in [-0.2, -0.15) is 11.8 Å². The van der Waals surface area contributed by atoms with Crippen LogP contribution in [0, 0.1) is 11.8 Å². The highest BCUT2D eigenvalue weighted by Crippen LogP contribution is 2.22. The van der Waals surface area contributed by atoms with Gasteiger partial charge in [0.15, 0.2) is 0 Å². The normalized spacial score (nSPS) is 16.2. The van der Waals surface area contributed by atoms with Gasteiger partial charge < -0.3 is 5.11 Å². The molecule has 2 atom stereocenters. The van der Waals surface area contributed by atoms with Crippen molar-refractivity contribution in [3.05, 3.63) is 0 Å². The molecule has 0 saturated heterocycles. The van der Waals surface area contributed by atoms with E-state index in [0.717, 1.165) is 0 Å². The van der Waals surface area contributed by atoms with E-state index in [4.69, 9.17) is 0 Å². The topological polar surface area (TPSA) is 20.2 Å². The van der Waals surface area contributed by atoms with Gasteiger partial charge in [-0.15, -0.1) is 0 Å². The second-order valence-electron chi connectivity index (χ2n) is 3.99. The predicted molar refractivity (Wildman–Crippen MR) is 62.2 cm³/mol. The van der Waals surface area contributed by atoms with Crippen molar-refractivity contribution in [3.8, 4) is 0 Å². The number of hydrogen-bond acceptors (Lipinski definition) is 2. The van der Waals surface area contributed by atoms with Crippen LogP contribution in [0.4, 0.5) is 0 Å². The Hall–Kier alpha value is 0.310. The zero-order valence-corrected chi connectivity index (χ0v) is 10.2. The Morgan fingerprint density at radius 2 is 1.85 bits per heavy atom. The summed E-state index contributed by atoms with van der Waals surface area (Å²) >= 11 is 1.99. The number of aliphatic hydroxyl groups excluding tert-OH is 1. The van der Waals surface area contributed by atoms with E-state index in [1.54, 1.807) is 0 Å². The first-order valence-electron chi connectivity index (χ1n) is 5.35. The van der Waals surface area contributed by atoms with E-state index in [-0.39, 0.29) is 6.10 Å². The number of rotatable bonds is 7. The van der Waals surface area contributed by atoms with Crippen molar-refractivity contribution in [2.75, 3.05) is 11.5 Å². The van der Waals surface area contributed by atoms with Crippen LogP contribution in [0.5, 0.6) is 0 Å². The van der Waals surface area contributed by atoms with Crippen molar-refractivity contribution < 1.29 is 5.11 Å². The molecule has 80 valence electrons. The zero-order valence-electron chi connectivity index (χ0n) is 9.42. The van der Waals surface area contributed by atoms with Gasteiger partial charge in [0.05, 0.1) is 6.10 Å². The van der Waals surface area contributed by atoms with Crippen molar-refractivity contribution >= 4 is 11.8 Å². The molecule has 2 unspecified atom stereocenters. The highest BCUT2D eigenvalue weighted by atomic mass is 32.2. The lowest BCUT2D eigenvalue weighted by Crippen LogP contribution is -2.22. The number of hydrogen-bond donors (Lipinski definition) is 1. The highest BCUT2D eigenvalue weighted by Gasteiger charge is 2.17. The predicted octanol–water partition coefficient (Wildman–Crippen LogP) is 3.17. The van der Waals surface area contributed by atoms with Gasteiger partial charge in [-0.1, -0.05) is 20.8 Å². The summed E-state index contributed by atoms with van der Waals surface area (Å²) in [5.74, 6) is 3.54. The van der Waals surface area contributed by atoms with Crippen LogP contribution in [-0.4, -0.2) is 22.7 Å². The summed E-state index contributed by atoms with van der Waals surface area (Å²) in [6.07, 6.45) is 2.26. The van der Waals surface area contributed by atoms with E-state index in [9.17, 15) is 5.11 Å². The molecule has 0 aliphatic carbocycles. The molecule has 0 fully saturated rings. The lowest BCUT2D eigenvalue weighted by atomic mass is 9.87. The molecule has 1 N–H and O–H groups in total. The van der Waals surface area contributed by atoms with Crippen LogP contribution >= 0.6 is 11.8 Å². The minimum atomic E-state index is -0.147. The fraction of sp³-hybridized carbons (Fsp3) is 1.00. The maximum absolute atomic E-state index is 9.53. The second kappa shape index (κ2) is 7.69. The van der Waals surface area contributed by atoms with Crippen LogP contribution in [0.15, 0.2) is 0 Å². The van der Waals surface area contributed by atoms with Gasteiger partial charge in [0.1, 0.15) is 0 Å². The molecule has 0 aliphatic rings. The van der Waals surface area contributed by atoms with Gasteiger partial charge in [-0.3, -0.25) is 0 Å².